The van der Waals surface area contributed by atoms with Gasteiger partial charge in [0.15, 0.2) is 11.4 Å². The molecule has 1 amide bonds. The van der Waals surface area contributed by atoms with Gasteiger partial charge in [-0.05, 0) is 49.3 Å². The third-order valence-corrected chi connectivity index (χ3v) is 8.56. The standard InChI is InChI=1S/C30H31N3O9/c1-12-15-5-4-6-16(34)19(15)24(36)20-18(12)26(42-17(35)11-13-7-9-14(31)10-8-13)22-23(33(2)3)25(37)21(29(32)40)28(39)30(22,41)27(20)38/h4-10,12,18,22-23,26,34,37-38,41H,11,31H2,1-3H3,(H2,32,40)/t12-,18+,22+,23-,26-,30-/m1/s1. The maximum Gasteiger partial charge on any atom is 0.310 e. The highest BCUT2D eigenvalue weighted by Crippen LogP contribution is 2.56. The number of phenolic OH excluding ortho intramolecular Hbond substituents is 1. The summed E-state index contributed by atoms with van der Waals surface area (Å²) in [6.07, 6.45) is -1.72. The summed E-state index contributed by atoms with van der Waals surface area (Å²) >= 11 is 0. The molecule has 0 heterocycles. The largest absolute Gasteiger partial charge is 0.510 e. The SMILES string of the molecule is C[C@@H]1c2cccc(O)c2C(=O)C2=C(O)[C@@]3(O)C(=O)C(C(N)=O)=C(O)[C@H](N(C)C)[C@H]3[C@H](OC(=O)Cc3ccc(N)cc3)[C@H]21. The molecule has 0 aromatic heterocycles. The molecule has 5 rings (SSSR count). The summed E-state index contributed by atoms with van der Waals surface area (Å²) in [7, 11) is 2.98. The summed E-state index contributed by atoms with van der Waals surface area (Å²) in [5.74, 6) is -10.1. The third kappa shape index (κ3) is 4.05. The zero-order chi connectivity index (χ0) is 30.8. The van der Waals surface area contributed by atoms with Crippen LogP contribution < -0.4 is 11.5 Å². The summed E-state index contributed by atoms with van der Waals surface area (Å²) in [4.78, 5) is 54.8. The molecular formula is C30H31N3O9. The van der Waals surface area contributed by atoms with Crippen molar-refractivity contribution in [2.75, 3.05) is 19.8 Å². The molecule has 0 saturated heterocycles. The van der Waals surface area contributed by atoms with E-state index in [-0.39, 0.29) is 17.7 Å². The summed E-state index contributed by atoms with van der Waals surface area (Å²) in [6, 6.07) is 9.51. The minimum atomic E-state index is -3.00. The Balaban J connectivity index is 1.75. The number of aliphatic hydroxyl groups is 3. The van der Waals surface area contributed by atoms with Crippen molar-refractivity contribution in [1.29, 1.82) is 0 Å². The number of hydrogen-bond acceptors (Lipinski definition) is 11. The molecule has 12 nitrogen and oxygen atoms in total. The first-order valence-electron chi connectivity index (χ1n) is 13.2. The number of primary amides is 1. The van der Waals surface area contributed by atoms with Crippen molar-refractivity contribution in [3.63, 3.8) is 0 Å². The van der Waals surface area contributed by atoms with E-state index in [1.807, 2.05) is 0 Å². The number of fused-ring (bicyclic) bond motifs is 3. The van der Waals surface area contributed by atoms with Gasteiger partial charge in [-0.1, -0.05) is 31.2 Å². The first kappa shape index (κ1) is 28.8. The predicted octanol–water partition coefficient (Wildman–Crippen LogP) is 1.03. The number of aliphatic hydroxyl groups excluding tert-OH is 2. The lowest BCUT2D eigenvalue weighted by Crippen LogP contribution is -2.69. The summed E-state index contributed by atoms with van der Waals surface area (Å²) in [5, 5.41) is 45.4. The van der Waals surface area contributed by atoms with E-state index in [2.05, 4.69) is 0 Å². The normalized spacial score (nSPS) is 28.7. The van der Waals surface area contributed by atoms with E-state index in [9.17, 15) is 39.6 Å². The van der Waals surface area contributed by atoms with Gasteiger partial charge in [0.05, 0.1) is 23.9 Å². The second-order valence-electron chi connectivity index (χ2n) is 11.2. The number of Topliss-reactive ketones (excluding diaryl/α,β-unsaturated/α-hetero) is 2. The van der Waals surface area contributed by atoms with Gasteiger partial charge in [0.25, 0.3) is 5.91 Å². The summed E-state index contributed by atoms with van der Waals surface area (Å²) in [5.41, 5.74) is 8.03. The van der Waals surface area contributed by atoms with Crippen LogP contribution >= 0.6 is 0 Å². The molecule has 42 heavy (non-hydrogen) atoms. The van der Waals surface area contributed by atoms with Crippen LogP contribution in [0.1, 0.15) is 34.3 Å². The first-order valence-corrected chi connectivity index (χ1v) is 13.2. The van der Waals surface area contributed by atoms with Crippen molar-refractivity contribution in [2.45, 2.75) is 37.0 Å². The topological polar surface area (TPSA) is 214 Å². The Bertz CT molecular complexity index is 1590. The lowest BCUT2D eigenvalue weighted by atomic mass is 9.55. The van der Waals surface area contributed by atoms with Gasteiger partial charge in [-0.25, -0.2) is 0 Å². The number of ether oxygens (including phenoxy) is 1. The van der Waals surface area contributed by atoms with E-state index >= 15 is 0 Å². The molecule has 3 aliphatic rings. The molecule has 6 atom stereocenters. The van der Waals surface area contributed by atoms with Crippen LogP contribution in [0.15, 0.2) is 65.1 Å². The Labute approximate surface area is 240 Å². The van der Waals surface area contributed by atoms with E-state index in [1.165, 1.54) is 31.1 Å². The molecule has 3 aliphatic carbocycles. The number of esters is 1. The van der Waals surface area contributed by atoms with Crippen LogP contribution in [0.3, 0.4) is 0 Å². The number of ketones is 2. The Kier molecular flexibility index (Phi) is 6.86. The number of benzene rings is 2. The zero-order valence-electron chi connectivity index (χ0n) is 23.1. The Morgan fingerprint density at radius 2 is 1.69 bits per heavy atom. The third-order valence-electron chi connectivity index (χ3n) is 8.56. The number of rotatable bonds is 5. The molecule has 2 aromatic rings. The highest BCUT2D eigenvalue weighted by Gasteiger charge is 2.68. The zero-order valence-corrected chi connectivity index (χ0v) is 23.1. The predicted molar refractivity (Wildman–Crippen MR) is 148 cm³/mol. The average Bonchev–Trinajstić information content (AvgIpc) is 2.91. The van der Waals surface area contributed by atoms with Crippen molar-refractivity contribution < 1.29 is 44.3 Å². The van der Waals surface area contributed by atoms with Crippen molar-refractivity contribution in [1.82, 2.24) is 4.90 Å². The lowest BCUT2D eigenvalue weighted by molar-refractivity contribution is -0.180. The van der Waals surface area contributed by atoms with Gasteiger partial charge in [0.2, 0.25) is 5.78 Å². The van der Waals surface area contributed by atoms with E-state index in [4.69, 9.17) is 16.2 Å². The van der Waals surface area contributed by atoms with E-state index in [0.29, 0.717) is 16.8 Å². The molecule has 12 heteroatoms. The summed E-state index contributed by atoms with van der Waals surface area (Å²) in [6.45, 7) is 1.69. The molecule has 2 aromatic carbocycles. The number of amides is 1. The van der Waals surface area contributed by atoms with Gasteiger partial charge in [-0.15, -0.1) is 0 Å². The molecule has 0 saturated carbocycles. The van der Waals surface area contributed by atoms with Crippen molar-refractivity contribution >= 4 is 29.1 Å². The number of aromatic hydroxyl groups is 1. The minimum absolute atomic E-state index is 0.141. The van der Waals surface area contributed by atoms with Crippen LogP contribution in [0.4, 0.5) is 5.69 Å². The Hall–Kier alpha value is -4.68. The fourth-order valence-corrected chi connectivity index (χ4v) is 6.69. The number of nitrogens with two attached hydrogens (primary N) is 2. The van der Waals surface area contributed by atoms with Gasteiger partial charge < -0.3 is 36.6 Å². The molecule has 0 spiro atoms. The monoisotopic (exact) mass is 577 g/mol. The van der Waals surface area contributed by atoms with Crippen molar-refractivity contribution in [3.8, 4) is 5.75 Å². The second-order valence-corrected chi connectivity index (χ2v) is 11.2. The first-order chi connectivity index (χ1) is 19.7. The number of nitrogens with zero attached hydrogens (tertiary/aromatic N) is 1. The van der Waals surface area contributed by atoms with Crippen LogP contribution in [0, 0.1) is 11.8 Å². The van der Waals surface area contributed by atoms with Crippen molar-refractivity contribution in [3.05, 3.63) is 81.8 Å². The molecule has 0 bridgehead atoms. The van der Waals surface area contributed by atoms with Crippen LogP contribution in [-0.4, -0.2) is 80.6 Å². The van der Waals surface area contributed by atoms with Gasteiger partial charge >= 0.3 is 5.97 Å². The molecule has 0 aliphatic heterocycles. The van der Waals surface area contributed by atoms with Gasteiger partial charge in [-0.2, -0.15) is 0 Å². The van der Waals surface area contributed by atoms with Gasteiger partial charge in [0, 0.05) is 17.2 Å². The van der Waals surface area contributed by atoms with E-state index in [0.717, 1.165) is 0 Å². The lowest BCUT2D eigenvalue weighted by Gasteiger charge is -2.54. The van der Waals surface area contributed by atoms with Crippen molar-refractivity contribution in [2.24, 2.45) is 17.6 Å². The molecule has 0 radical (unpaired) electrons. The number of phenols is 1. The van der Waals surface area contributed by atoms with Crippen LogP contribution in [0.2, 0.25) is 0 Å². The second kappa shape index (κ2) is 10.00. The number of carbonyl (C=O) groups is 4. The average molecular weight is 578 g/mol. The van der Waals surface area contributed by atoms with Crippen LogP contribution in [0.25, 0.3) is 0 Å². The van der Waals surface area contributed by atoms with Crippen LogP contribution in [-0.2, 0) is 25.5 Å². The van der Waals surface area contributed by atoms with E-state index in [1.54, 1.807) is 37.3 Å². The number of likely N-dealkylation sites (N-methyl/N-ethyl adjacent to an activating group) is 1. The molecule has 0 unspecified atom stereocenters. The maximum atomic E-state index is 13.9. The molecule has 0 fully saturated rings. The molecular weight excluding hydrogens is 546 g/mol. The molecule has 8 N–H and O–H groups in total. The fraction of sp³-hybridized carbons (Fsp3) is 0.333. The van der Waals surface area contributed by atoms with E-state index < -0.39 is 81.6 Å². The number of hydrogen-bond donors (Lipinski definition) is 6. The van der Waals surface area contributed by atoms with Gasteiger partial charge in [0.1, 0.15) is 28.9 Å². The van der Waals surface area contributed by atoms with Gasteiger partial charge in [-0.3, -0.25) is 24.1 Å². The maximum absolute atomic E-state index is 13.9. The number of carbonyl (C=O) groups excluding carboxylic acids is 4. The minimum Gasteiger partial charge on any atom is -0.510 e. The molecule has 220 valence electrons. The Morgan fingerprint density at radius 1 is 1.05 bits per heavy atom. The smallest absolute Gasteiger partial charge is 0.310 e. The highest BCUT2D eigenvalue weighted by molar-refractivity contribution is 6.25. The highest BCUT2D eigenvalue weighted by atomic mass is 16.5. The quantitative estimate of drug-likeness (QED) is 0.168. The summed E-state index contributed by atoms with van der Waals surface area (Å²) < 4.78 is 6.00. The number of nitrogen functional groups attached to an aromatic ring is 1. The van der Waals surface area contributed by atoms with Crippen LogP contribution in [0.5, 0.6) is 5.75 Å². The Morgan fingerprint density at radius 3 is 2.29 bits per heavy atom. The number of anilines is 1. The fourth-order valence-electron chi connectivity index (χ4n) is 6.69.